The number of nitrogens with zero attached hydrogens (tertiary/aromatic N) is 3. The minimum Gasteiger partial charge on any atom is -0.480 e. The third-order valence-corrected chi connectivity index (χ3v) is 2.98. The molecule has 7 nitrogen and oxygen atoms in total. The zero-order valence-electron chi connectivity index (χ0n) is 9.34. The normalized spacial score (nSPS) is 10.6. The van der Waals surface area contributed by atoms with Crippen molar-refractivity contribution in [1.82, 2.24) is 15.1 Å². The van der Waals surface area contributed by atoms with Gasteiger partial charge in [0.2, 0.25) is 5.82 Å². The molecule has 0 aliphatic carbocycles. The van der Waals surface area contributed by atoms with Gasteiger partial charge in [-0.15, -0.1) is 0 Å². The summed E-state index contributed by atoms with van der Waals surface area (Å²) in [6.07, 6.45) is 1.61. The van der Waals surface area contributed by atoms with E-state index >= 15 is 0 Å². The van der Waals surface area contributed by atoms with Crippen LogP contribution < -0.4 is 0 Å². The van der Waals surface area contributed by atoms with Crippen molar-refractivity contribution < 1.29 is 19.2 Å². The van der Waals surface area contributed by atoms with E-state index in [-0.39, 0.29) is 12.5 Å². The predicted molar refractivity (Wildman–Crippen MR) is 70.2 cm³/mol. The molecular formula is C10H7Br2N3O4. The Morgan fingerprint density at radius 2 is 2.26 bits per heavy atom. The van der Waals surface area contributed by atoms with Gasteiger partial charge in [-0.2, -0.15) is 4.98 Å². The van der Waals surface area contributed by atoms with Crippen molar-refractivity contribution in [3.63, 3.8) is 0 Å². The molecule has 0 spiro atoms. The fourth-order valence-corrected chi connectivity index (χ4v) is 2.38. The van der Waals surface area contributed by atoms with Gasteiger partial charge >= 0.3 is 5.97 Å². The van der Waals surface area contributed by atoms with Crippen LogP contribution in [-0.2, 0) is 16.1 Å². The van der Waals surface area contributed by atoms with E-state index in [1.54, 1.807) is 12.3 Å². The minimum atomic E-state index is -1.06. The van der Waals surface area contributed by atoms with Crippen LogP contribution in [0.5, 0.6) is 0 Å². The van der Waals surface area contributed by atoms with Crippen LogP contribution >= 0.6 is 31.9 Å². The molecule has 0 atom stereocenters. The maximum absolute atomic E-state index is 10.3. The van der Waals surface area contributed by atoms with E-state index in [0.717, 1.165) is 4.47 Å². The van der Waals surface area contributed by atoms with Gasteiger partial charge in [-0.25, -0.2) is 4.79 Å². The van der Waals surface area contributed by atoms with Gasteiger partial charge in [0.25, 0.3) is 5.89 Å². The SMILES string of the molecule is O=C(O)COCc1nc(-c2ncc(Br)cc2Br)no1. The molecule has 0 radical (unpaired) electrons. The third-order valence-electron chi connectivity index (χ3n) is 1.94. The summed E-state index contributed by atoms with van der Waals surface area (Å²) in [6, 6.07) is 1.80. The first-order valence-corrected chi connectivity index (χ1v) is 6.58. The molecule has 9 heteroatoms. The monoisotopic (exact) mass is 391 g/mol. The van der Waals surface area contributed by atoms with E-state index in [1.165, 1.54) is 0 Å². The van der Waals surface area contributed by atoms with Crippen LogP contribution in [0.1, 0.15) is 5.89 Å². The van der Waals surface area contributed by atoms with E-state index in [1.807, 2.05) is 0 Å². The number of ether oxygens (including phenoxy) is 1. The van der Waals surface area contributed by atoms with E-state index in [2.05, 4.69) is 47.0 Å². The second-order valence-electron chi connectivity index (χ2n) is 3.38. The highest BCUT2D eigenvalue weighted by Gasteiger charge is 2.13. The number of carbonyl (C=O) groups is 1. The highest BCUT2D eigenvalue weighted by molar-refractivity contribution is 9.11. The molecule has 2 aromatic heterocycles. The number of rotatable bonds is 5. The van der Waals surface area contributed by atoms with Crippen molar-refractivity contribution in [3.05, 3.63) is 27.1 Å². The Balaban J connectivity index is 2.10. The number of aliphatic carboxylic acids is 1. The number of hydrogen-bond acceptors (Lipinski definition) is 6. The quantitative estimate of drug-likeness (QED) is 0.832. The first-order chi connectivity index (χ1) is 9.06. The molecule has 0 bridgehead atoms. The minimum absolute atomic E-state index is 0.0621. The Morgan fingerprint density at radius 1 is 1.47 bits per heavy atom. The van der Waals surface area contributed by atoms with Crippen molar-refractivity contribution in [2.24, 2.45) is 0 Å². The molecule has 2 rings (SSSR count). The Hall–Kier alpha value is -1.32. The van der Waals surface area contributed by atoms with Gasteiger partial charge in [0.15, 0.2) is 0 Å². The lowest BCUT2D eigenvalue weighted by Crippen LogP contribution is -2.06. The van der Waals surface area contributed by atoms with Crippen LogP contribution in [0, 0.1) is 0 Å². The summed E-state index contributed by atoms with van der Waals surface area (Å²) in [5.74, 6) is -0.571. The van der Waals surface area contributed by atoms with Crippen molar-refractivity contribution >= 4 is 37.8 Å². The molecule has 100 valence electrons. The van der Waals surface area contributed by atoms with Gasteiger partial charge in [-0.05, 0) is 37.9 Å². The van der Waals surface area contributed by atoms with Crippen LogP contribution in [0.15, 0.2) is 25.7 Å². The smallest absolute Gasteiger partial charge is 0.329 e. The van der Waals surface area contributed by atoms with Crippen molar-refractivity contribution in [1.29, 1.82) is 0 Å². The maximum atomic E-state index is 10.3. The van der Waals surface area contributed by atoms with Gasteiger partial charge in [-0.3, -0.25) is 4.98 Å². The van der Waals surface area contributed by atoms with Crippen LogP contribution in [0.25, 0.3) is 11.5 Å². The Labute approximate surface area is 124 Å². The third kappa shape index (κ3) is 3.82. The molecule has 0 fully saturated rings. The molecular weight excluding hydrogens is 386 g/mol. The molecule has 0 saturated heterocycles. The molecule has 0 aromatic carbocycles. The number of carboxylic acids is 1. The highest BCUT2D eigenvalue weighted by Crippen LogP contribution is 2.26. The number of pyridine rings is 1. The lowest BCUT2D eigenvalue weighted by molar-refractivity contribution is -0.142. The first kappa shape index (κ1) is 14.1. The summed E-state index contributed by atoms with van der Waals surface area (Å²) in [7, 11) is 0. The van der Waals surface area contributed by atoms with E-state index in [4.69, 9.17) is 14.4 Å². The van der Waals surface area contributed by atoms with Gasteiger partial charge in [0.05, 0.1) is 0 Å². The van der Waals surface area contributed by atoms with Crippen LogP contribution in [0.4, 0.5) is 0 Å². The zero-order chi connectivity index (χ0) is 13.8. The standard InChI is InChI=1S/C10H7Br2N3O4/c11-5-1-6(12)9(13-2-5)10-14-7(19-15-10)3-18-4-8(16)17/h1-2H,3-4H2,(H,16,17). The lowest BCUT2D eigenvalue weighted by Gasteiger charge is -1.98. The van der Waals surface area contributed by atoms with Gasteiger partial charge in [0, 0.05) is 15.1 Å². The summed E-state index contributed by atoms with van der Waals surface area (Å²) >= 11 is 6.63. The number of carboxylic acid groups (broad SMARTS) is 1. The van der Waals surface area contributed by atoms with Crippen LogP contribution in [-0.4, -0.2) is 32.8 Å². The summed E-state index contributed by atoms with van der Waals surface area (Å²) in [5.41, 5.74) is 0.524. The zero-order valence-corrected chi connectivity index (χ0v) is 12.5. The number of halogens is 2. The molecule has 0 unspecified atom stereocenters. The van der Waals surface area contributed by atoms with E-state index in [9.17, 15) is 4.79 Å². The Kier molecular flexibility index (Phi) is 4.61. The maximum Gasteiger partial charge on any atom is 0.329 e. The second-order valence-corrected chi connectivity index (χ2v) is 5.15. The van der Waals surface area contributed by atoms with Crippen LogP contribution in [0.2, 0.25) is 0 Å². The summed E-state index contributed by atoms with van der Waals surface area (Å²) < 4.78 is 11.3. The summed E-state index contributed by atoms with van der Waals surface area (Å²) in [4.78, 5) is 18.5. The second kappa shape index (κ2) is 6.22. The molecule has 19 heavy (non-hydrogen) atoms. The van der Waals surface area contributed by atoms with Gasteiger partial charge in [0.1, 0.15) is 18.9 Å². The summed E-state index contributed by atoms with van der Waals surface area (Å²) in [6.45, 7) is -0.481. The fraction of sp³-hybridized carbons (Fsp3) is 0.200. The number of hydrogen-bond donors (Lipinski definition) is 1. The Morgan fingerprint density at radius 3 is 2.95 bits per heavy atom. The molecule has 0 aliphatic heterocycles. The molecule has 2 heterocycles. The molecule has 2 aromatic rings. The van der Waals surface area contributed by atoms with E-state index in [0.29, 0.717) is 16.0 Å². The van der Waals surface area contributed by atoms with Crippen molar-refractivity contribution in [2.75, 3.05) is 6.61 Å². The van der Waals surface area contributed by atoms with Crippen molar-refractivity contribution in [2.45, 2.75) is 6.61 Å². The molecule has 0 saturated carbocycles. The van der Waals surface area contributed by atoms with Gasteiger partial charge in [-0.1, -0.05) is 5.16 Å². The van der Waals surface area contributed by atoms with Gasteiger partial charge < -0.3 is 14.4 Å². The first-order valence-electron chi connectivity index (χ1n) is 5.00. The lowest BCUT2D eigenvalue weighted by atomic mass is 10.3. The topological polar surface area (TPSA) is 98.3 Å². The summed E-state index contributed by atoms with van der Waals surface area (Å²) in [5, 5.41) is 12.2. The average Bonchev–Trinajstić information content (AvgIpc) is 2.77. The molecule has 1 N–H and O–H groups in total. The average molecular weight is 393 g/mol. The number of aromatic nitrogens is 3. The predicted octanol–water partition coefficient (Wildman–Crippen LogP) is 2.26. The van der Waals surface area contributed by atoms with Crippen LogP contribution in [0.3, 0.4) is 0 Å². The fourth-order valence-electron chi connectivity index (χ4n) is 1.21. The van der Waals surface area contributed by atoms with E-state index < -0.39 is 12.6 Å². The Bertz CT molecular complexity index is 602. The molecule has 0 amide bonds. The highest BCUT2D eigenvalue weighted by atomic mass is 79.9. The largest absolute Gasteiger partial charge is 0.480 e. The van der Waals surface area contributed by atoms with Crippen molar-refractivity contribution in [3.8, 4) is 11.5 Å². The molecule has 0 aliphatic rings.